The second-order valence-corrected chi connectivity index (χ2v) is 5.45. The Morgan fingerprint density at radius 3 is 2.75 bits per heavy atom. The van der Waals surface area contributed by atoms with Crippen LogP contribution in [-0.2, 0) is 0 Å². The minimum atomic E-state index is -0.161. The first-order valence-electron chi connectivity index (χ1n) is 7.13. The molecule has 0 aromatic heterocycles. The monoisotopic (exact) mass is 227 g/mol. The molecule has 1 aliphatic rings. The highest BCUT2D eigenvalue weighted by atomic mass is 16.3. The lowest BCUT2D eigenvalue weighted by molar-refractivity contribution is 0.181. The smallest absolute Gasteiger partial charge is 0.0524 e. The second kappa shape index (κ2) is 8.08. The molecule has 0 spiro atoms. The fourth-order valence-corrected chi connectivity index (χ4v) is 2.78. The molecular formula is C14H29NO. The van der Waals surface area contributed by atoms with Crippen LogP contribution in [0.1, 0.15) is 65.2 Å². The molecule has 96 valence electrons. The maximum absolute atomic E-state index is 9.21. The fraction of sp³-hybridized carbons (Fsp3) is 1.00. The Bertz CT molecular complexity index is 170. The van der Waals surface area contributed by atoms with Crippen LogP contribution in [0.3, 0.4) is 0 Å². The van der Waals surface area contributed by atoms with E-state index in [2.05, 4.69) is 12.2 Å². The maximum Gasteiger partial charge on any atom is 0.0524 e. The van der Waals surface area contributed by atoms with Gasteiger partial charge in [0.25, 0.3) is 0 Å². The van der Waals surface area contributed by atoms with Gasteiger partial charge in [0.1, 0.15) is 0 Å². The first kappa shape index (κ1) is 14.0. The zero-order valence-electron chi connectivity index (χ0n) is 11.0. The lowest BCUT2D eigenvalue weighted by Gasteiger charge is -2.17. The van der Waals surface area contributed by atoms with Gasteiger partial charge in [-0.15, -0.1) is 0 Å². The summed E-state index contributed by atoms with van der Waals surface area (Å²) in [6.07, 6.45) is 10.4. The summed E-state index contributed by atoms with van der Waals surface area (Å²) < 4.78 is 0. The number of aliphatic hydroxyl groups is 1. The highest BCUT2D eigenvalue weighted by Gasteiger charge is 2.17. The van der Waals surface area contributed by atoms with E-state index >= 15 is 0 Å². The summed E-state index contributed by atoms with van der Waals surface area (Å²) in [6, 6.07) is 0.709. The summed E-state index contributed by atoms with van der Waals surface area (Å²) in [5.74, 6) is 0.980. The zero-order chi connectivity index (χ0) is 11.8. The van der Waals surface area contributed by atoms with Gasteiger partial charge in [-0.3, -0.25) is 0 Å². The summed E-state index contributed by atoms with van der Waals surface area (Å²) in [5, 5.41) is 12.8. The topological polar surface area (TPSA) is 32.3 Å². The van der Waals surface area contributed by atoms with Crippen LogP contribution in [0.2, 0.25) is 0 Å². The summed E-state index contributed by atoms with van der Waals surface area (Å²) in [7, 11) is 0. The van der Waals surface area contributed by atoms with Crippen molar-refractivity contribution in [1.82, 2.24) is 5.32 Å². The molecule has 1 aliphatic carbocycles. The van der Waals surface area contributed by atoms with Crippen molar-refractivity contribution in [3.63, 3.8) is 0 Å². The maximum atomic E-state index is 9.21. The molecule has 2 nitrogen and oxygen atoms in total. The summed E-state index contributed by atoms with van der Waals surface area (Å²) in [6.45, 7) is 5.14. The number of nitrogens with one attached hydrogen (secondary N) is 1. The first-order valence-corrected chi connectivity index (χ1v) is 7.13. The van der Waals surface area contributed by atoms with Crippen molar-refractivity contribution in [3.05, 3.63) is 0 Å². The molecule has 0 aromatic rings. The molecule has 0 bridgehead atoms. The Labute approximate surface area is 101 Å². The van der Waals surface area contributed by atoms with Crippen molar-refractivity contribution < 1.29 is 5.11 Å². The minimum Gasteiger partial charge on any atom is -0.393 e. The molecule has 0 heterocycles. The first-order chi connectivity index (χ1) is 7.72. The van der Waals surface area contributed by atoms with Crippen LogP contribution in [-0.4, -0.2) is 23.8 Å². The molecule has 0 amide bonds. The number of hydrogen-bond donors (Lipinski definition) is 2. The van der Waals surface area contributed by atoms with Crippen molar-refractivity contribution in [2.24, 2.45) is 5.92 Å². The summed E-state index contributed by atoms with van der Waals surface area (Å²) in [5.41, 5.74) is 0. The number of hydrogen-bond acceptors (Lipinski definition) is 2. The van der Waals surface area contributed by atoms with Crippen LogP contribution < -0.4 is 5.32 Å². The molecule has 1 fully saturated rings. The molecule has 2 N–H and O–H groups in total. The van der Waals surface area contributed by atoms with Crippen molar-refractivity contribution in [2.75, 3.05) is 6.54 Å². The van der Waals surface area contributed by atoms with E-state index in [0.717, 1.165) is 18.9 Å². The fourth-order valence-electron chi connectivity index (χ4n) is 2.78. The number of rotatable bonds is 6. The predicted molar refractivity (Wildman–Crippen MR) is 69.6 cm³/mol. The average molecular weight is 227 g/mol. The summed E-state index contributed by atoms with van der Waals surface area (Å²) in [4.78, 5) is 0. The van der Waals surface area contributed by atoms with E-state index in [1.165, 1.54) is 44.9 Å². The van der Waals surface area contributed by atoms with E-state index in [0.29, 0.717) is 6.04 Å². The van der Waals surface area contributed by atoms with E-state index in [1.807, 2.05) is 6.92 Å². The van der Waals surface area contributed by atoms with Crippen LogP contribution in [0, 0.1) is 5.92 Å². The van der Waals surface area contributed by atoms with Crippen molar-refractivity contribution in [1.29, 1.82) is 0 Å². The van der Waals surface area contributed by atoms with Gasteiger partial charge in [0, 0.05) is 6.04 Å². The molecular weight excluding hydrogens is 198 g/mol. The van der Waals surface area contributed by atoms with Crippen LogP contribution in [0.25, 0.3) is 0 Å². The van der Waals surface area contributed by atoms with E-state index in [-0.39, 0.29) is 6.10 Å². The van der Waals surface area contributed by atoms with Gasteiger partial charge in [-0.1, -0.05) is 32.6 Å². The van der Waals surface area contributed by atoms with Crippen LogP contribution in [0.15, 0.2) is 0 Å². The predicted octanol–water partition coefficient (Wildman–Crippen LogP) is 3.10. The van der Waals surface area contributed by atoms with E-state index in [1.54, 1.807) is 0 Å². The van der Waals surface area contributed by atoms with Gasteiger partial charge in [0.15, 0.2) is 0 Å². The Hall–Kier alpha value is -0.0800. The van der Waals surface area contributed by atoms with Gasteiger partial charge < -0.3 is 10.4 Å². The standard InChI is InChI=1S/C14H29NO/c1-3-5-13-6-4-7-14(9-8-13)15-11-10-12(2)16/h12-16H,3-11H2,1-2H3. The van der Waals surface area contributed by atoms with Gasteiger partial charge in [0.05, 0.1) is 6.10 Å². The van der Waals surface area contributed by atoms with E-state index in [4.69, 9.17) is 0 Å². The molecule has 3 atom stereocenters. The average Bonchev–Trinajstić information content (AvgIpc) is 2.44. The summed E-state index contributed by atoms with van der Waals surface area (Å²) >= 11 is 0. The van der Waals surface area contributed by atoms with E-state index in [9.17, 15) is 5.11 Å². The normalized spacial score (nSPS) is 28.7. The van der Waals surface area contributed by atoms with Crippen LogP contribution in [0.4, 0.5) is 0 Å². The van der Waals surface area contributed by atoms with Gasteiger partial charge in [-0.05, 0) is 45.1 Å². The minimum absolute atomic E-state index is 0.161. The molecule has 16 heavy (non-hydrogen) atoms. The van der Waals surface area contributed by atoms with Crippen molar-refractivity contribution in [3.8, 4) is 0 Å². The van der Waals surface area contributed by atoms with Crippen LogP contribution in [0.5, 0.6) is 0 Å². The highest BCUT2D eigenvalue weighted by molar-refractivity contribution is 4.75. The molecule has 1 rings (SSSR count). The third-order valence-corrected chi connectivity index (χ3v) is 3.78. The molecule has 2 heteroatoms. The lowest BCUT2D eigenvalue weighted by atomic mass is 9.95. The van der Waals surface area contributed by atoms with Crippen molar-refractivity contribution >= 4 is 0 Å². The zero-order valence-corrected chi connectivity index (χ0v) is 11.0. The molecule has 0 aromatic carbocycles. The van der Waals surface area contributed by atoms with Crippen molar-refractivity contribution in [2.45, 2.75) is 77.4 Å². The molecule has 0 radical (unpaired) electrons. The molecule has 3 unspecified atom stereocenters. The Balaban J connectivity index is 2.14. The lowest BCUT2D eigenvalue weighted by Crippen LogP contribution is -2.30. The van der Waals surface area contributed by atoms with Gasteiger partial charge in [-0.25, -0.2) is 0 Å². The SMILES string of the molecule is CCCC1CCCC(NCCC(C)O)CC1. The van der Waals surface area contributed by atoms with Gasteiger partial charge in [0.2, 0.25) is 0 Å². The van der Waals surface area contributed by atoms with Crippen LogP contribution >= 0.6 is 0 Å². The Kier molecular flexibility index (Phi) is 7.06. The third kappa shape index (κ3) is 5.86. The number of aliphatic hydroxyl groups excluding tert-OH is 1. The molecule has 1 saturated carbocycles. The Morgan fingerprint density at radius 1 is 1.25 bits per heavy atom. The largest absolute Gasteiger partial charge is 0.393 e. The quantitative estimate of drug-likeness (QED) is 0.683. The molecule has 0 aliphatic heterocycles. The highest BCUT2D eigenvalue weighted by Crippen LogP contribution is 2.26. The van der Waals surface area contributed by atoms with Gasteiger partial charge >= 0.3 is 0 Å². The van der Waals surface area contributed by atoms with Gasteiger partial charge in [-0.2, -0.15) is 0 Å². The van der Waals surface area contributed by atoms with E-state index < -0.39 is 0 Å². The Morgan fingerprint density at radius 2 is 2.06 bits per heavy atom. The third-order valence-electron chi connectivity index (χ3n) is 3.78. The molecule has 0 saturated heterocycles. The second-order valence-electron chi connectivity index (χ2n) is 5.45.